The van der Waals surface area contributed by atoms with Crippen LogP contribution in [0.4, 0.5) is 5.82 Å². The first-order chi connectivity index (χ1) is 9.58. The summed E-state index contributed by atoms with van der Waals surface area (Å²) in [5.41, 5.74) is 0.345. The fourth-order valence-corrected chi connectivity index (χ4v) is 1.70. The number of anilines is 1. The minimum atomic E-state index is -0.182. The Morgan fingerprint density at radius 1 is 1.35 bits per heavy atom. The van der Waals surface area contributed by atoms with Crippen LogP contribution in [0, 0.1) is 0 Å². The number of nitrogens with zero attached hydrogens (tertiary/aromatic N) is 3. The topological polar surface area (TPSA) is 70.2 Å². The van der Waals surface area contributed by atoms with Crippen LogP contribution in [0.2, 0.25) is 0 Å². The summed E-state index contributed by atoms with van der Waals surface area (Å²) in [6, 6.07) is 3.96. The first kappa shape index (κ1) is 16.4. The molecular weight excluding hydrogens is 254 g/mol. The van der Waals surface area contributed by atoms with E-state index in [-0.39, 0.29) is 5.91 Å². The lowest BCUT2D eigenvalue weighted by Crippen LogP contribution is -2.37. The number of nitrogens with one attached hydrogen (secondary N) is 2. The number of likely N-dealkylation sites (N-methyl/N-ethyl adjacent to an activating group) is 1. The Hall–Kier alpha value is -1.69. The first-order valence-corrected chi connectivity index (χ1v) is 7.14. The maximum Gasteiger partial charge on any atom is 0.271 e. The maximum absolute atomic E-state index is 11.9. The van der Waals surface area contributed by atoms with Gasteiger partial charge in [0.25, 0.3) is 5.91 Å². The third-order valence-corrected chi connectivity index (χ3v) is 3.35. The van der Waals surface area contributed by atoms with Gasteiger partial charge in [0.1, 0.15) is 5.82 Å². The van der Waals surface area contributed by atoms with Crippen molar-refractivity contribution in [1.29, 1.82) is 0 Å². The summed E-state index contributed by atoms with van der Waals surface area (Å²) in [4.78, 5) is 14.1. The summed E-state index contributed by atoms with van der Waals surface area (Å²) >= 11 is 0. The van der Waals surface area contributed by atoms with E-state index >= 15 is 0 Å². The molecular formula is C14H25N5O. The lowest BCUT2D eigenvalue weighted by molar-refractivity contribution is 0.0941. The maximum atomic E-state index is 11.9. The molecule has 1 heterocycles. The SMILES string of the molecule is CCNc1ccc(C(=O)NCCN(C)C(C)CC)nn1. The van der Waals surface area contributed by atoms with Crippen molar-refractivity contribution in [3.8, 4) is 0 Å². The van der Waals surface area contributed by atoms with E-state index in [1.807, 2.05) is 6.92 Å². The molecule has 0 saturated carbocycles. The highest BCUT2D eigenvalue weighted by atomic mass is 16.1. The number of rotatable bonds is 8. The van der Waals surface area contributed by atoms with Crippen molar-refractivity contribution in [3.05, 3.63) is 17.8 Å². The molecule has 1 aromatic rings. The van der Waals surface area contributed by atoms with Gasteiger partial charge in [0, 0.05) is 25.7 Å². The molecule has 0 bridgehead atoms. The van der Waals surface area contributed by atoms with Crippen molar-refractivity contribution in [1.82, 2.24) is 20.4 Å². The second-order valence-corrected chi connectivity index (χ2v) is 4.83. The van der Waals surface area contributed by atoms with Crippen molar-refractivity contribution in [2.75, 3.05) is 32.0 Å². The summed E-state index contributed by atoms with van der Waals surface area (Å²) in [5, 5.41) is 13.7. The van der Waals surface area contributed by atoms with Crippen LogP contribution in [0.5, 0.6) is 0 Å². The summed E-state index contributed by atoms with van der Waals surface area (Å²) < 4.78 is 0. The molecule has 1 aromatic heterocycles. The van der Waals surface area contributed by atoms with E-state index in [0.29, 0.717) is 24.1 Å². The number of carbonyl (C=O) groups is 1. The molecule has 1 rings (SSSR count). The molecule has 0 aliphatic heterocycles. The Balaban J connectivity index is 2.39. The van der Waals surface area contributed by atoms with Gasteiger partial charge in [0.05, 0.1) is 0 Å². The van der Waals surface area contributed by atoms with E-state index in [1.165, 1.54) is 0 Å². The van der Waals surface area contributed by atoms with Gasteiger partial charge in [-0.3, -0.25) is 4.79 Å². The van der Waals surface area contributed by atoms with E-state index in [4.69, 9.17) is 0 Å². The van der Waals surface area contributed by atoms with Gasteiger partial charge in [0.2, 0.25) is 0 Å². The largest absolute Gasteiger partial charge is 0.369 e. The minimum absolute atomic E-state index is 0.182. The number of hydrogen-bond acceptors (Lipinski definition) is 5. The van der Waals surface area contributed by atoms with Gasteiger partial charge in [-0.05, 0) is 39.4 Å². The highest BCUT2D eigenvalue weighted by molar-refractivity contribution is 5.92. The number of aromatic nitrogens is 2. The van der Waals surface area contributed by atoms with Gasteiger partial charge in [-0.1, -0.05) is 6.92 Å². The highest BCUT2D eigenvalue weighted by Gasteiger charge is 2.09. The second kappa shape index (κ2) is 8.47. The fraction of sp³-hybridized carbons (Fsp3) is 0.643. The molecule has 0 aliphatic rings. The summed E-state index contributed by atoms with van der Waals surface area (Å²) in [7, 11) is 2.06. The van der Waals surface area contributed by atoms with Crippen molar-refractivity contribution in [2.45, 2.75) is 33.2 Å². The Bertz CT molecular complexity index is 407. The zero-order valence-electron chi connectivity index (χ0n) is 12.8. The van der Waals surface area contributed by atoms with Crippen molar-refractivity contribution in [2.24, 2.45) is 0 Å². The van der Waals surface area contributed by atoms with Crippen molar-refractivity contribution < 1.29 is 4.79 Å². The lowest BCUT2D eigenvalue weighted by Gasteiger charge is -2.23. The van der Waals surface area contributed by atoms with Gasteiger partial charge in [-0.25, -0.2) is 0 Å². The van der Waals surface area contributed by atoms with E-state index < -0.39 is 0 Å². The number of hydrogen-bond donors (Lipinski definition) is 2. The van der Waals surface area contributed by atoms with Crippen LogP contribution in [0.15, 0.2) is 12.1 Å². The van der Waals surface area contributed by atoms with Crippen LogP contribution < -0.4 is 10.6 Å². The average molecular weight is 279 g/mol. The summed E-state index contributed by atoms with van der Waals surface area (Å²) in [5.74, 6) is 0.499. The quantitative estimate of drug-likeness (QED) is 0.752. The molecule has 112 valence electrons. The summed E-state index contributed by atoms with van der Waals surface area (Å²) in [6.45, 7) is 8.52. The molecule has 1 atom stereocenters. The third-order valence-electron chi connectivity index (χ3n) is 3.35. The van der Waals surface area contributed by atoms with Crippen molar-refractivity contribution in [3.63, 3.8) is 0 Å². The monoisotopic (exact) mass is 279 g/mol. The van der Waals surface area contributed by atoms with Gasteiger partial charge in [-0.15, -0.1) is 10.2 Å². The van der Waals surface area contributed by atoms with Crippen LogP contribution in [-0.4, -0.2) is 53.7 Å². The zero-order chi connectivity index (χ0) is 15.0. The molecule has 1 unspecified atom stereocenters. The fourth-order valence-electron chi connectivity index (χ4n) is 1.70. The molecule has 0 spiro atoms. The smallest absolute Gasteiger partial charge is 0.271 e. The van der Waals surface area contributed by atoms with Crippen LogP contribution in [0.25, 0.3) is 0 Å². The zero-order valence-corrected chi connectivity index (χ0v) is 12.8. The van der Waals surface area contributed by atoms with E-state index in [0.717, 1.165) is 19.5 Å². The molecule has 0 radical (unpaired) electrons. The first-order valence-electron chi connectivity index (χ1n) is 7.14. The standard InChI is InChI=1S/C14H25N5O/c1-5-11(3)19(4)10-9-16-14(20)12-7-8-13(15-6-2)18-17-12/h7-8,11H,5-6,9-10H2,1-4H3,(H,15,18)(H,16,20). The van der Waals surface area contributed by atoms with E-state index in [1.54, 1.807) is 12.1 Å². The molecule has 6 nitrogen and oxygen atoms in total. The van der Waals surface area contributed by atoms with Crippen LogP contribution >= 0.6 is 0 Å². The van der Waals surface area contributed by atoms with Crippen LogP contribution in [0.3, 0.4) is 0 Å². The van der Waals surface area contributed by atoms with Gasteiger partial charge in [-0.2, -0.15) is 0 Å². The summed E-state index contributed by atoms with van der Waals surface area (Å²) in [6.07, 6.45) is 1.10. The van der Waals surface area contributed by atoms with Crippen LogP contribution in [-0.2, 0) is 0 Å². The molecule has 20 heavy (non-hydrogen) atoms. The predicted molar refractivity (Wildman–Crippen MR) is 80.9 cm³/mol. The van der Waals surface area contributed by atoms with E-state index in [2.05, 4.69) is 46.6 Å². The average Bonchev–Trinajstić information content (AvgIpc) is 2.47. The molecule has 0 fully saturated rings. The number of amides is 1. The lowest BCUT2D eigenvalue weighted by atomic mass is 10.2. The van der Waals surface area contributed by atoms with Gasteiger partial charge < -0.3 is 15.5 Å². The Morgan fingerprint density at radius 2 is 2.10 bits per heavy atom. The normalized spacial score (nSPS) is 12.2. The van der Waals surface area contributed by atoms with Gasteiger partial charge >= 0.3 is 0 Å². The van der Waals surface area contributed by atoms with E-state index in [9.17, 15) is 4.79 Å². The predicted octanol–water partition coefficient (Wildman–Crippen LogP) is 1.37. The molecule has 0 aliphatic carbocycles. The van der Waals surface area contributed by atoms with Crippen LogP contribution in [0.1, 0.15) is 37.7 Å². The third kappa shape index (κ3) is 5.13. The molecule has 2 N–H and O–H groups in total. The molecule has 0 saturated heterocycles. The Morgan fingerprint density at radius 3 is 2.65 bits per heavy atom. The second-order valence-electron chi connectivity index (χ2n) is 4.83. The highest BCUT2D eigenvalue weighted by Crippen LogP contribution is 2.01. The molecule has 6 heteroatoms. The van der Waals surface area contributed by atoms with Gasteiger partial charge in [0.15, 0.2) is 5.69 Å². The number of carbonyl (C=O) groups excluding carboxylic acids is 1. The molecule has 0 aromatic carbocycles. The Labute approximate surface area is 121 Å². The minimum Gasteiger partial charge on any atom is -0.369 e. The van der Waals surface area contributed by atoms with Crippen molar-refractivity contribution >= 4 is 11.7 Å². The Kier molecular flexibility index (Phi) is 6.93. The molecule has 1 amide bonds.